The van der Waals surface area contributed by atoms with Crippen molar-refractivity contribution in [1.29, 1.82) is 0 Å². The van der Waals surface area contributed by atoms with Gasteiger partial charge in [-0.3, -0.25) is 4.79 Å². The normalized spacial score (nSPS) is 10.4. The quantitative estimate of drug-likeness (QED) is 0.667. The van der Waals surface area contributed by atoms with Crippen molar-refractivity contribution in [2.45, 2.75) is 12.8 Å². The van der Waals surface area contributed by atoms with Crippen molar-refractivity contribution in [3.05, 3.63) is 66.4 Å². The van der Waals surface area contributed by atoms with Crippen molar-refractivity contribution in [1.82, 2.24) is 25.1 Å². The second kappa shape index (κ2) is 8.05. The first-order valence-corrected chi connectivity index (χ1v) is 7.98. The van der Waals surface area contributed by atoms with Crippen LogP contribution in [0.1, 0.15) is 22.3 Å². The molecule has 2 heterocycles. The number of carbonyl (C=O) groups is 1. The van der Waals surface area contributed by atoms with E-state index in [1.54, 1.807) is 31.8 Å². The van der Waals surface area contributed by atoms with Crippen LogP contribution in [-0.2, 0) is 6.42 Å². The molecule has 0 spiro atoms. The van der Waals surface area contributed by atoms with Gasteiger partial charge < -0.3 is 10.1 Å². The maximum atomic E-state index is 12.3. The number of nitrogens with one attached hydrogen (secondary N) is 1. The monoisotopic (exact) mass is 337 g/mol. The molecule has 0 saturated heterocycles. The molecule has 3 rings (SSSR count). The smallest absolute Gasteiger partial charge is 0.251 e. The van der Waals surface area contributed by atoms with E-state index in [9.17, 15) is 4.79 Å². The summed E-state index contributed by atoms with van der Waals surface area (Å²) in [7, 11) is 1.65. The highest BCUT2D eigenvalue weighted by atomic mass is 16.5. The minimum Gasteiger partial charge on any atom is -0.497 e. The molecule has 0 atom stereocenters. The molecule has 7 heteroatoms. The fourth-order valence-electron chi connectivity index (χ4n) is 2.40. The van der Waals surface area contributed by atoms with E-state index in [-0.39, 0.29) is 5.91 Å². The van der Waals surface area contributed by atoms with E-state index >= 15 is 0 Å². The van der Waals surface area contributed by atoms with Crippen LogP contribution in [0.2, 0.25) is 0 Å². The second-order valence-electron chi connectivity index (χ2n) is 5.45. The Morgan fingerprint density at radius 2 is 2.08 bits per heavy atom. The van der Waals surface area contributed by atoms with E-state index in [0.717, 1.165) is 18.6 Å². The van der Waals surface area contributed by atoms with E-state index in [1.165, 1.54) is 16.6 Å². The van der Waals surface area contributed by atoms with Crippen LogP contribution in [0.3, 0.4) is 0 Å². The Hall–Kier alpha value is -3.22. The summed E-state index contributed by atoms with van der Waals surface area (Å²) < 4.78 is 6.65. The standard InChI is InChI=1S/C18H19N5O2/c1-25-16-6-4-14(5-7-16)3-2-9-21-18(24)15-8-10-20-17(11-15)23-13-19-12-22-23/h4-8,10-13H,2-3,9H2,1H3,(H,21,24). The van der Waals surface area contributed by atoms with Crippen LogP contribution in [-0.4, -0.2) is 39.3 Å². The number of hydrogen-bond donors (Lipinski definition) is 1. The third-order valence-corrected chi connectivity index (χ3v) is 3.75. The Bertz CT molecular complexity index is 816. The van der Waals surface area contributed by atoms with E-state index in [4.69, 9.17) is 4.74 Å². The number of ether oxygens (including phenoxy) is 1. The highest BCUT2D eigenvalue weighted by molar-refractivity contribution is 5.94. The van der Waals surface area contributed by atoms with Gasteiger partial charge in [0.05, 0.1) is 7.11 Å². The number of amides is 1. The number of benzene rings is 1. The van der Waals surface area contributed by atoms with Crippen LogP contribution in [0, 0.1) is 0 Å². The molecule has 128 valence electrons. The van der Waals surface area contributed by atoms with Gasteiger partial charge in [0, 0.05) is 18.3 Å². The molecule has 0 aliphatic carbocycles. The van der Waals surface area contributed by atoms with Crippen molar-refractivity contribution in [2.24, 2.45) is 0 Å². The first kappa shape index (κ1) is 16.6. The number of nitrogens with zero attached hydrogens (tertiary/aromatic N) is 4. The lowest BCUT2D eigenvalue weighted by Gasteiger charge is -2.07. The van der Waals surface area contributed by atoms with Crippen LogP contribution in [0.15, 0.2) is 55.2 Å². The first-order chi connectivity index (χ1) is 12.3. The highest BCUT2D eigenvalue weighted by Crippen LogP contribution is 2.12. The minimum absolute atomic E-state index is 0.126. The van der Waals surface area contributed by atoms with Crippen molar-refractivity contribution in [3.63, 3.8) is 0 Å². The molecule has 25 heavy (non-hydrogen) atoms. The lowest BCUT2D eigenvalue weighted by Crippen LogP contribution is -2.25. The fraction of sp³-hybridized carbons (Fsp3) is 0.222. The van der Waals surface area contributed by atoms with E-state index in [1.807, 2.05) is 24.3 Å². The SMILES string of the molecule is COc1ccc(CCCNC(=O)c2ccnc(-n3cncn3)c2)cc1. The van der Waals surface area contributed by atoms with Crippen molar-refractivity contribution >= 4 is 5.91 Å². The molecule has 0 aliphatic rings. The maximum absolute atomic E-state index is 12.3. The number of aryl methyl sites for hydroxylation is 1. The topological polar surface area (TPSA) is 81.9 Å². The summed E-state index contributed by atoms with van der Waals surface area (Å²) in [5.74, 6) is 1.28. The van der Waals surface area contributed by atoms with E-state index in [2.05, 4.69) is 20.4 Å². The molecule has 1 amide bonds. The molecular formula is C18H19N5O2. The molecule has 0 saturated carbocycles. The summed E-state index contributed by atoms with van der Waals surface area (Å²) in [6, 6.07) is 11.3. The Kier molecular flexibility index (Phi) is 5.36. The van der Waals surface area contributed by atoms with Crippen molar-refractivity contribution in [2.75, 3.05) is 13.7 Å². The zero-order valence-electron chi connectivity index (χ0n) is 13.9. The Balaban J connectivity index is 1.50. The van der Waals surface area contributed by atoms with Gasteiger partial charge in [0.15, 0.2) is 5.82 Å². The molecule has 0 radical (unpaired) electrons. The summed E-state index contributed by atoms with van der Waals surface area (Å²) in [6.07, 6.45) is 6.31. The average Bonchev–Trinajstić information content (AvgIpc) is 3.20. The number of aromatic nitrogens is 4. The van der Waals surface area contributed by atoms with Crippen LogP contribution >= 0.6 is 0 Å². The summed E-state index contributed by atoms with van der Waals surface area (Å²) in [5.41, 5.74) is 1.76. The molecular weight excluding hydrogens is 318 g/mol. The molecule has 1 N–H and O–H groups in total. The minimum atomic E-state index is -0.126. The summed E-state index contributed by atoms with van der Waals surface area (Å²) in [5, 5.41) is 6.94. The van der Waals surface area contributed by atoms with Crippen LogP contribution in [0.5, 0.6) is 5.75 Å². The zero-order chi connectivity index (χ0) is 17.5. The predicted molar refractivity (Wildman–Crippen MR) is 92.8 cm³/mol. The first-order valence-electron chi connectivity index (χ1n) is 7.98. The van der Waals surface area contributed by atoms with E-state index < -0.39 is 0 Å². The van der Waals surface area contributed by atoms with Crippen LogP contribution in [0.4, 0.5) is 0 Å². The van der Waals surface area contributed by atoms with Gasteiger partial charge in [-0.05, 0) is 42.7 Å². The third-order valence-electron chi connectivity index (χ3n) is 3.75. The Labute approximate surface area is 145 Å². The average molecular weight is 337 g/mol. The lowest BCUT2D eigenvalue weighted by atomic mass is 10.1. The summed E-state index contributed by atoms with van der Waals surface area (Å²) >= 11 is 0. The molecule has 1 aromatic carbocycles. The largest absolute Gasteiger partial charge is 0.497 e. The number of rotatable bonds is 7. The van der Waals surface area contributed by atoms with Gasteiger partial charge in [-0.2, -0.15) is 5.10 Å². The highest BCUT2D eigenvalue weighted by Gasteiger charge is 2.07. The fourth-order valence-corrected chi connectivity index (χ4v) is 2.40. The van der Waals surface area contributed by atoms with Gasteiger partial charge >= 0.3 is 0 Å². The van der Waals surface area contributed by atoms with Crippen LogP contribution in [0.25, 0.3) is 5.82 Å². The second-order valence-corrected chi connectivity index (χ2v) is 5.45. The summed E-state index contributed by atoms with van der Waals surface area (Å²) in [4.78, 5) is 20.3. The van der Waals surface area contributed by atoms with Gasteiger partial charge in [-0.25, -0.2) is 14.6 Å². The van der Waals surface area contributed by atoms with Gasteiger partial charge in [0.2, 0.25) is 0 Å². The number of hydrogen-bond acceptors (Lipinski definition) is 5. The third kappa shape index (κ3) is 4.41. The lowest BCUT2D eigenvalue weighted by molar-refractivity contribution is 0.0953. The van der Waals surface area contributed by atoms with Crippen molar-refractivity contribution in [3.8, 4) is 11.6 Å². The van der Waals surface area contributed by atoms with Gasteiger partial charge in [-0.15, -0.1) is 0 Å². The predicted octanol–water partition coefficient (Wildman–Crippen LogP) is 2.03. The van der Waals surface area contributed by atoms with Gasteiger partial charge in [0.1, 0.15) is 18.4 Å². The van der Waals surface area contributed by atoms with Crippen molar-refractivity contribution < 1.29 is 9.53 Å². The number of methoxy groups -OCH3 is 1. The molecule has 0 unspecified atom stereocenters. The Morgan fingerprint density at radius 1 is 1.24 bits per heavy atom. The molecule has 3 aromatic rings. The molecule has 2 aromatic heterocycles. The van der Waals surface area contributed by atoms with Gasteiger partial charge in [-0.1, -0.05) is 12.1 Å². The van der Waals surface area contributed by atoms with Gasteiger partial charge in [0.25, 0.3) is 5.91 Å². The van der Waals surface area contributed by atoms with E-state index in [0.29, 0.717) is 17.9 Å². The van der Waals surface area contributed by atoms with Crippen LogP contribution < -0.4 is 10.1 Å². The molecule has 0 bridgehead atoms. The maximum Gasteiger partial charge on any atom is 0.251 e. The Morgan fingerprint density at radius 3 is 2.80 bits per heavy atom. The number of pyridine rings is 1. The number of carbonyl (C=O) groups excluding carboxylic acids is 1. The molecule has 0 aliphatic heterocycles. The summed E-state index contributed by atoms with van der Waals surface area (Å²) in [6.45, 7) is 0.603. The molecule has 7 nitrogen and oxygen atoms in total. The molecule has 0 fully saturated rings. The zero-order valence-corrected chi connectivity index (χ0v) is 13.9.